The van der Waals surface area contributed by atoms with Crippen LogP contribution in [0.25, 0.3) is 0 Å². The first-order valence-corrected chi connectivity index (χ1v) is 2.12. The van der Waals surface area contributed by atoms with Gasteiger partial charge in [-0.2, -0.15) is 0 Å². The number of hydroxylamine groups is 2. The first-order valence-electron chi connectivity index (χ1n) is 2.12. The molecule has 0 radical (unpaired) electrons. The monoisotopic (exact) mass is 101 g/mol. The average molecular weight is 101 g/mol. The molecule has 0 bridgehead atoms. The smallest absolute Gasteiger partial charge is 0.112 e. The summed E-state index contributed by atoms with van der Waals surface area (Å²) in [7, 11) is 0. The molecule has 0 aliphatic carbocycles. The second kappa shape index (κ2) is 1.52. The minimum atomic E-state index is -0.000000000000000222. The Morgan fingerprint density at radius 3 is 2.71 bits per heavy atom. The Labute approximate surface area is 41.7 Å². The minimum absolute atomic E-state index is 0.000000000000000222. The van der Waals surface area contributed by atoms with Crippen LogP contribution in [0, 0.1) is 0 Å². The maximum atomic E-state index is 8.55. The number of nitrogens with zero attached hydrogens (tertiary/aromatic N) is 1. The number of hydrogen-bond acceptors (Lipinski definition) is 3. The summed E-state index contributed by atoms with van der Waals surface area (Å²) in [6.07, 6.45) is 3.20. The Morgan fingerprint density at radius 1 is 1.86 bits per heavy atom. The highest BCUT2D eigenvalue weighted by Gasteiger charge is 2.12. The van der Waals surface area contributed by atoms with Crippen molar-refractivity contribution in [2.75, 3.05) is 0 Å². The molecule has 1 aliphatic heterocycles. The van der Waals surface area contributed by atoms with Crippen LogP contribution in [0.4, 0.5) is 0 Å². The molecule has 0 spiro atoms. The Balaban J connectivity index is 2.45. The van der Waals surface area contributed by atoms with Gasteiger partial charge in [-0.05, 0) is 18.2 Å². The second-order valence-corrected chi connectivity index (χ2v) is 1.48. The Hall–Kier alpha value is -0.540. The summed E-state index contributed by atoms with van der Waals surface area (Å²) in [6.45, 7) is 1.82. The summed E-state index contributed by atoms with van der Waals surface area (Å²) in [6, 6.07) is -0.000000000000000222. The fourth-order valence-corrected chi connectivity index (χ4v) is 0.381. The molecule has 1 heterocycles. The normalized spacial score (nSPS) is 30.9. The van der Waals surface area contributed by atoms with Gasteiger partial charge in [0.25, 0.3) is 0 Å². The van der Waals surface area contributed by atoms with Gasteiger partial charge in [-0.3, -0.25) is 5.21 Å². The van der Waals surface area contributed by atoms with E-state index in [2.05, 4.69) is 4.84 Å². The Kier molecular flexibility index (Phi) is 1.00. The topological polar surface area (TPSA) is 32.7 Å². The predicted octanol–water partition coefficient (Wildman–Crippen LogP) is 0.525. The zero-order valence-corrected chi connectivity index (χ0v) is 4.03. The van der Waals surface area contributed by atoms with Crippen molar-refractivity contribution in [3.8, 4) is 0 Å². The van der Waals surface area contributed by atoms with E-state index in [1.165, 1.54) is 6.26 Å². The third kappa shape index (κ3) is 0.730. The molecule has 1 rings (SSSR count). The molecule has 0 aromatic rings. The van der Waals surface area contributed by atoms with Crippen molar-refractivity contribution in [1.82, 2.24) is 5.23 Å². The van der Waals surface area contributed by atoms with Crippen LogP contribution in [0.5, 0.6) is 0 Å². The van der Waals surface area contributed by atoms with Crippen LogP contribution in [0.2, 0.25) is 0 Å². The van der Waals surface area contributed by atoms with Gasteiger partial charge in [0.15, 0.2) is 0 Å². The summed E-state index contributed by atoms with van der Waals surface area (Å²) in [5.74, 6) is 0. The molecule has 0 amide bonds. The largest absolute Gasteiger partial charge is 0.388 e. The van der Waals surface area contributed by atoms with Crippen LogP contribution in [0.3, 0.4) is 0 Å². The van der Waals surface area contributed by atoms with Gasteiger partial charge in [0.05, 0.1) is 6.04 Å². The lowest BCUT2D eigenvalue weighted by Crippen LogP contribution is -2.20. The fraction of sp³-hybridized carbons (Fsp3) is 0.500. The molecular weight excluding hydrogens is 94.0 g/mol. The van der Waals surface area contributed by atoms with Gasteiger partial charge < -0.3 is 4.84 Å². The van der Waals surface area contributed by atoms with Crippen LogP contribution in [-0.2, 0) is 4.84 Å². The zero-order chi connectivity index (χ0) is 5.28. The lowest BCUT2D eigenvalue weighted by atomic mass is 10.4. The highest BCUT2D eigenvalue weighted by atomic mass is 16.9. The third-order valence-electron chi connectivity index (χ3n) is 0.874. The molecule has 7 heavy (non-hydrogen) atoms. The highest BCUT2D eigenvalue weighted by Crippen LogP contribution is 2.04. The molecule has 3 nitrogen and oxygen atoms in total. The molecule has 1 aliphatic rings. The van der Waals surface area contributed by atoms with E-state index >= 15 is 0 Å². The van der Waals surface area contributed by atoms with Crippen molar-refractivity contribution in [3.05, 3.63) is 12.3 Å². The van der Waals surface area contributed by atoms with Gasteiger partial charge in [-0.25, -0.2) is 0 Å². The Morgan fingerprint density at radius 2 is 2.57 bits per heavy atom. The molecule has 0 aromatic carbocycles. The van der Waals surface area contributed by atoms with Crippen LogP contribution in [-0.4, -0.2) is 16.5 Å². The minimum Gasteiger partial charge on any atom is -0.388 e. The van der Waals surface area contributed by atoms with Crippen molar-refractivity contribution < 1.29 is 10.0 Å². The Bertz CT molecular complexity index is 91.7. The van der Waals surface area contributed by atoms with E-state index < -0.39 is 0 Å². The van der Waals surface area contributed by atoms with Gasteiger partial charge in [-0.1, -0.05) is 0 Å². The van der Waals surface area contributed by atoms with Gasteiger partial charge >= 0.3 is 0 Å². The van der Waals surface area contributed by atoms with Crippen LogP contribution >= 0.6 is 0 Å². The molecule has 0 aromatic heterocycles. The second-order valence-electron chi connectivity index (χ2n) is 1.48. The van der Waals surface area contributed by atoms with E-state index in [1.54, 1.807) is 6.08 Å². The first-order chi connectivity index (χ1) is 3.30. The van der Waals surface area contributed by atoms with Crippen molar-refractivity contribution in [3.63, 3.8) is 0 Å². The third-order valence-corrected chi connectivity index (χ3v) is 0.874. The fourth-order valence-electron chi connectivity index (χ4n) is 0.381. The summed E-state index contributed by atoms with van der Waals surface area (Å²) in [5, 5.41) is 9.34. The molecule has 0 fully saturated rings. The quantitative estimate of drug-likeness (QED) is 0.483. The predicted molar refractivity (Wildman–Crippen MR) is 23.3 cm³/mol. The molecular formula is C4H7NO2. The molecule has 40 valence electrons. The summed E-state index contributed by atoms with van der Waals surface area (Å²) >= 11 is 0. The van der Waals surface area contributed by atoms with Gasteiger partial charge in [0.2, 0.25) is 0 Å². The van der Waals surface area contributed by atoms with Crippen LogP contribution < -0.4 is 0 Å². The summed E-state index contributed by atoms with van der Waals surface area (Å²) < 4.78 is 0. The van der Waals surface area contributed by atoms with E-state index in [0.29, 0.717) is 0 Å². The van der Waals surface area contributed by atoms with Crippen molar-refractivity contribution in [2.24, 2.45) is 0 Å². The van der Waals surface area contributed by atoms with Gasteiger partial charge in [-0.15, -0.1) is 0 Å². The highest BCUT2D eigenvalue weighted by molar-refractivity contribution is 4.87. The van der Waals surface area contributed by atoms with Crippen LogP contribution in [0.1, 0.15) is 6.92 Å². The maximum absolute atomic E-state index is 8.55. The van der Waals surface area contributed by atoms with E-state index in [1.807, 2.05) is 6.92 Å². The summed E-state index contributed by atoms with van der Waals surface area (Å²) in [4.78, 5) is 4.47. The lowest BCUT2D eigenvalue weighted by molar-refractivity contribution is -0.309. The van der Waals surface area contributed by atoms with Gasteiger partial charge in [0.1, 0.15) is 6.26 Å². The van der Waals surface area contributed by atoms with Gasteiger partial charge in [0, 0.05) is 0 Å². The molecule has 3 heteroatoms. The van der Waals surface area contributed by atoms with Crippen LogP contribution in [0.15, 0.2) is 12.3 Å². The molecule has 0 saturated heterocycles. The molecule has 1 N–H and O–H groups in total. The number of hydrogen-bond donors (Lipinski definition) is 1. The van der Waals surface area contributed by atoms with Crippen molar-refractivity contribution in [2.45, 2.75) is 13.0 Å². The summed E-state index contributed by atoms with van der Waals surface area (Å²) in [5.41, 5.74) is 0. The SMILES string of the molecule is CC1C=CON1O. The zero-order valence-electron chi connectivity index (χ0n) is 4.03. The van der Waals surface area contributed by atoms with E-state index in [-0.39, 0.29) is 6.04 Å². The maximum Gasteiger partial charge on any atom is 0.112 e. The molecule has 1 unspecified atom stereocenters. The van der Waals surface area contributed by atoms with E-state index in [0.717, 1.165) is 5.23 Å². The number of rotatable bonds is 0. The molecule has 1 atom stereocenters. The van der Waals surface area contributed by atoms with E-state index in [4.69, 9.17) is 5.21 Å². The average Bonchev–Trinajstić information content (AvgIpc) is 1.91. The van der Waals surface area contributed by atoms with Crippen molar-refractivity contribution in [1.29, 1.82) is 0 Å². The first kappa shape index (κ1) is 4.61. The lowest BCUT2D eigenvalue weighted by Gasteiger charge is -2.08. The van der Waals surface area contributed by atoms with E-state index in [9.17, 15) is 0 Å². The molecule has 0 saturated carbocycles. The van der Waals surface area contributed by atoms with Crippen molar-refractivity contribution >= 4 is 0 Å². The standard InChI is InChI=1S/C4H7NO2/c1-4-2-3-7-5(4)6/h2-4,6H,1H3.